The molecule has 0 fully saturated rings. The maximum absolute atomic E-state index is 13.5. The van der Waals surface area contributed by atoms with Gasteiger partial charge in [0.1, 0.15) is 11.6 Å². The van der Waals surface area contributed by atoms with Gasteiger partial charge in [0, 0.05) is 0 Å². The lowest BCUT2D eigenvalue weighted by molar-refractivity contribution is 0.407. The van der Waals surface area contributed by atoms with Crippen molar-refractivity contribution in [3.63, 3.8) is 0 Å². The lowest BCUT2D eigenvalue weighted by atomic mass is 10.0. The Morgan fingerprint density at radius 3 is 2.19 bits per heavy atom. The van der Waals surface area contributed by atoms with Crippen LogP contribution in [-0.2, 0) is 12.8 Å². The molecule has 1 aromatic carbocycles. The van der Waals surface area contributed by atoms with E-state index in [0.717, 1.165) is 36.1 Å². The minimum atomic E-state index is -0.107. The van der Waals surface area contributed by atoms with Gasteiger partial charge in [0.15, 0.2) is 0 Å². The van der Waals surface area contributed by atoms with Gasteiger partial charge in [-0.1, -0.05) is 34.1 Å². The Balaban J connectivity index is 0.00000106. The molecule has 2 heteroatoms. The highest BCUT2D eigenvalue weighted by atomic mass is 19.1. The lowest BCUT2D eigenvalue weighted by Crippen LogP contribution is -1.97. The summed E-state index contributed by atoms with van der Waals surface area (Å²) >= 11 is 0. The molecule has 0 heterocycles. The van der Waals surface area contributed by atoms with Crippen LogP contribution >= 0.6 is 0 Å². The molecule has 0 aliphatic rings. The Morgan fingerprint density at radius 1 is 1.12 bits per heavy atom. The first-order chi connectivity index (χ1) is 7.72. The van der Waals surface area contributed by atoms with Crippen LogP contribution in [0.25, 0.3) is 0 Å². The molecule has 0 saturated carbocycles. The molecule has 0 aliphatic heterocycles. The minimum Gasteiger partial charge on any atom is -0.496 e. The Kier molecular flexibility index (Phi) is 7.61. The van der Waals surface area contributed by atoms with E-state index in [1.807, 2.05) is 33.8 Å². The van der Waals surface area contributed by atoms with E-state index in [1.54, 1.807) is 13.2 Å². The highest BCUT2D eigenvalue weighted by molar-refractivity contribution is 5.38. The summed E-state index contributed by atoms with van der Waals surface area (Å²) in [7, 11) is 1.63. The van der Waals surface area contributed by atoms with E-state index in [9.17, 15) is 4.39 Å². The van der Waals surface area contributed by atoms with Crippen LogP contribution in [0.1, 0.15) is 45.2 Å². The summed E-state index contributed by atoms with van der Waals surface area (Å²) < 4.78 is 18.7. The van der Waals surface area contributed by atoms with Crippen molar-refractivity contribution in [3.8, 4) is 5.75 Å². The van der Waals surface area contributed by atoms with E-state index in [4.69, 9.17) is 4.74 Å². The second-order valence-electron chi connectivity index (χ2n) is 3.36. The zero-order valence-corrected chi connectivity index (χ0v) is 11.1. The fourth-order valence-electron chi connectivity index (χ4n) is 1.56. The predicted octanol–water partition coefficient (Wildman–Crippen LogP) is 4.38. The topological polar surface area (TPSA) is 9.23 Å². The molecule has 0 unspecified atom stereocenters. The first kappa shape index (κ1) is 14.9. The third-order valence-corrected chi connectivity index (χ3v) is 2.35. The van der Waals surface area contributed by atoms with Gasteiger partial charge in [0.2, 0.25) is 0 Å². The maximum Gasteiger partial charge on any atom is 0.126 e. The van der Waals surface area contributed by atoms with Crippen LogP contribution in [0.4, 0.5) is 4.39 Å². The first-order valence-corrected chi connectivity index (χ1v) is 6.08. The highest BCUT2D eigenvalue weighted by Gasteiger charge is 2.08. The molecular weight excluding hydrogens is 203 g/mol. The van der Waals surface area contributed by atoms with Gasteiger partial charge in [-0.2, -0.15) is 0 Å². The summed E-state index contributed by atoms with van der Waals surface area (Å²) in [5.74, 6) is 0.696. The number of hydrogen-bond donors (Lipinski definition) is 0. The predicted molar refractivity (Wildman–Crippen MR) is 67.7 cm³/mol. The SMILES string of the molecule is CC.CCCc1cc(OC)c(CC)cc1F. The van der Waals surface area contributed by atoms with E-state index >= 15 is 0 Å². The number of halogens is 1. The van der Waals surface area contributed by atoms with E-state index < -0.39 is 0 Å². The van der Waals surface area contributed by atoms with Crippen molar-refractivity contribution in [2.24, 2.45) is 0 Å². The first-order valence-electron chi connectivity index (χ1n) is 6.08. The normalized spacial score (nSPS) is 9.38. The van der Waals surface area contributed by atoms with Gasteiger partial charge >= 0.3 is 0 Å². The fraction of sp³-hybridized carbons (Fsp3) is 0.571. The molecule has 0 saturated heterocycles. The lowest BCUT2D eigenvalue weighted by Gasteiger charge is -2.10. The number of aryl methyl sites for hydroxylation is 2. The minimum absolute atomic E-state index is 0.107. The van der Waals surface area contributed by atoms with Gasteiger partial charge in [-0.15, -0.1) is 0 Å². The van der Waals surface area contributed by atoms with Crippen LogP contribution in [0.15, 0.2) is 12.1 Å². The van der Waals surface area contributed by atoms with Crippen molar-refractivity contribution >= 4 is 0 Å². The van der Waals surface area contributed by atoms with E-state index in [1.165, 1.54) is 0 Å². The van der Waals surface area contributed by atoms with Crippen molar-refractivity contribution in [2.75, 3.05) is 7.11 Å². The molecule has 0 radical (unpaired) electrons. The molecule has 0 spiro atoms. The van der Waals surface area contributed by atoms with Crippen molar-refractivity contribution in [1.29, 1.82) is 0 Å². The maximum atomic E-state index is 13.5. The van der Waals surface area contributed by atoms with Gasteiger partial charge in [-0.05, 0) is 36.1 Å². The quantitative estimate of drug-likeness (QED) is 0.740. The molecule has 0 atom stereocenters. The van der Waals surface area contributed by atoms with Crippen LogP contribution in [0.2, 0.25) is 0 Å². The smallest absolute Gasteiger partial charge is 0.126 e. The van der Waals surface area contributed by atoms with Gasteiger partial charge in [-0.3, -0.25) is 0 Å². The summed E-state index contributed by atoms with van der Waals surface area (Å²) in [6.07, 6.45) is 2.52. The van der Waals surface area contributed by atoms with Crippen molar-refractivity contribution in [1.82, 2.24) is 0 Å². The summed E-state index contributed by atoms with van der Waals surface area (Å²) in [4.78, 5) is 0. The molecule has 0 amide bonds. The summed E-state index contributed by atoms with van der Waals surface area (Å²) in [6.45, 7) is 8.04. The molecule has 0 aromatic heterocycles. The zero-order chi connectivity index (χ0) is 12.6. The van der Waals surface area contributed by atoms with Crippen molar-refractivity contribution < 1.29 is 9.13 Å². The third kappa shape index (κ3) is 3.84. The largest absolute Gasteiger partial charge is 0.496 e. The zero-order valence-electron chi connectivity index (χ0n) is 11.1. The summed E-state index contributed by atoms with van der Waals surface area (Å²) in [5, 5.41) is 0. The average Bonchev–Trinajstić information content (AvgIpc) is 2.34. The molecular formula is C14H23FO. The Morgan fingerprint density at radius 2 is 1.75 bits per heavy atom. The van der Waals surface area contributed by atoms with Crippen LogP contribution in [0, 0.1) is 5.82 Å². The van der Waals surface area contributed by atoms with E-state index in [0.29, 0.717) is 0 Å². The van der Waals surface area contributed by atoms with Crippen LogP contribution in [-0.4, -0.2) is 7.11 Å². The second kappa shape index (κ2) is 8.14. The van der Waals surface area contributed by atoms with Gasteiger partial charge in [0.25, 0.3) is 0 Å². The molecule has 0 N–H and O–H groups in total. The molecule has 92 valence electrons. The molecule has 1 aromatic rings. The molecule has 0 bridgehead atoms. The van der Waals surface area contributed by atoms with Crippen molar-refractivity contribution in [2.45, 2.75) is 47.0 Å². The standard InChI is InChI=1S/C12H17FO.C2H6/c1-4-6-10-8-12(14-3)9(5-2)7-11(10)13;1-2/h7-8H,4-6H2,1-3H3;1-2H3. The number of ether oxygens (including phenoxy) is 1. The Bertz CT molecular complexity index is 308. The fourth-order valence-corrected chi connectivity index (χ4v) is 1.56. The second-order valence-corrected chi connectivity index (χ2v) is 3.36. The Labute approximate surface area is 98.6 Å². The van der Waals surface area contributed by atoms with E-state index in [-0.39, 0.29) is 5.82 Å². The molecule has 16 heavy (non-hydrogen) atoms. The van der Waals surface area contributed by atoms with Gasteiger partial charge in [-0.25, -0.2) is 4.39 Å². The van der Waals surface area contributed by atoms with Gasteiger partial charge in [0.05, 0.1) is 7.11 Å². The Hall–Kier alpha value is -1.05. The highest BCUT2D eigenvalue weighted by Crippen LogP contribution is 2.24. The number of rotatable bonds is 4. The third-order valence-electron chi connectivity index (χ3n) is 2.35. The molecule has 0 aliphatic carbocycles. The summed E-state index contributed by atoms with van der Waals surface area (Å²) in [5.41, 5.74) is 1.69. The number of methoxy groups -OCH3 is 1. The van der Waals surface area contributed by atoms with Crippen molar-refractivity contribution in [3.05, 3.63) is 29.1 Å². The van der Waals surface area contributed by atoms with E-state index in [2.05, 4.69) is 0 Å². The van der Waals surface area contributed by atoms with Crippen LogP contribution in [0.5, 0.6) is 5.75 Å². The number of benzene rings is 1. The number of hydrogen-bond acceptors (Lipinski definition) is 1. The molecule has 1 nitrogen and oxygen atoms in total. The van der Waals surface area contributed by atoms with Gasteiger partial charge < -0.3 is 4.74 Å². The van der Waals surface area contributed by atoms with Crippen LogP contribution < -0.4 is 4.74 Å². The van der Waals surface area contributed by atoms with Crippen LogP contribution in [0.3, 0.4) is 0 Å². The summed E-state index contributed by atoms with van der Waals surface area (Å²) in [6, 6.07) is 3.40. The average molecular weight is 226 g/mol. The molecule has 1 rings (SSSR count). The monoisotopic (exact) mass is 226 g/mol.